The Morgan fingerprint density at radius 3 is 1.57 bits per heavy atom. The van der Waals surface area contributed by atoms with Crippen molar-refractivity contribution in [2.45, 2.75) is 122 Å². The van der Waals surface area contributed by atoms with Crippen molar-refractivity contribution in [2.24, 2.45) is 0 Å². The molecular formula is C42H77CoN5O12. The summed E-state index contributed by atoms with van der Waals surface area (Å²) in [6, 6.07) is -0.326. The molecule has 60 heavy (non-hydrogen) atoms. The van der Waals surface area contributed by atoms with E-state index in [1.807, 2.05) is 4.90 Å². The van der Waals surface area contributed by atoms with E-state index in [0.717, 1.165) is 38.5 Å². The average Bonchev–Trinajstić information content (AvgIpc) is 3.18. The molecule has 1 aliphatic rings. The molecule has 1 radical (unpaired) electrons. The molecule has 1 atom stereocenters. The summed E-state index contributed by atoms with van der Waals surface area (Å²) in [4.78, 5) is 71.7. The Morgan fingerprint density at radius 2 is 1.07 bits per heavy atom. The van der Waals surface area contributed by atoms with Crippen LogP contribution in [-0.4, -0.2) is 150 Å². The number of amides is 4. The van der Waals surface area contributed by atoms with Gasteiger partial charge in [0, 0.05) is 52.0 Å². The van der Waals surface area contributed by atoms with Gasteiger partial charge in [-0.3, -0.25) is 33.7 Å². The van der Waals surface area contributed by atoms with Crippen molar-refractivity contribution in [3.63, 3.8) is 0 Å². The van der Waals surface area contributed by atoms with Gasteiger partial charge in [0.05, 0.1) is 46.2 Å². The van der Waals surface area contributed by atoms with Gasteiger partial charge < -0.3 is 64.4 Å². The maximum absolute atomic E-state index is 12.2. The van der Waals surface area contributed by atoms with Crippen LogP contribution in [0.15, 0.2) is 0 Å². The standard InChI is InChI=1S/C41H74N5O12.CH3.Co/c1-35(45-37(48)16-14-12-10-8-6-4-2-3-5-7-9-11-13-15-17-40(51)52)18-19-36(47)43-21-25-54-28-31-57-34-39(50)44-22-26-55-29-30-56-33-38(49)42-20-23-46-24-27-58-41(53)32-46;;/h35H,1-34H2,(H,42,49)(H,43,47)(H,44,50)(H,45,48)(H,51,52);1H3;/q2*-1;+2. The minimum atomic E-state index is -0.699. The van der Waals surface area contributed by atoms with Gasteiger partial charge in [0.25, 0.3) is 0 Å². The van der Waals surface area contributed by atoms with Gasteiger partial charge in [-0.15, -0.1) is 0 Å². The fraction of sp³-hybridized carbons (Fsp3) is 0.810. The number of unbranched alkanes of at least 4 members (excludes halogenated alkanes) is 13. The van der Waals surface area contributed by atoms with Gasteiger partial charge >= 0.3 is 28.7 Å². The molecule has 5 N–H and O–H groups in total. The number of aliphatic carboxylic acids is 1. The van der Waals surface area contributed by atoms with Gasteiger partial charge in [0.1, 0.15) is 19.8 Å². The number of carboxylic acid groups (broad SMARTS) is 1. The van der Waals surface area contributed by atoms with Crippen LogP contribution in [0, 0.1) is 14.4 Å². The zero-order chi connectivity index (χ0) is 42.3. The minimum Gasteiger partial charge on any atom is -0.481 e. The van der Waals surface area contributed by atoms with Crippen LogP contribution < -0.4 is 21.3 Å². The van der Waals surface area contributed by atoms with E-state index < -0.39 is 5.97 Å². The quantitative estimate of drug-likeness (QED) is 0.0340. The number of hydrogen-bond donors (Lipinski definition) is 5. The molecule has 1 aliphatic heterocycles. The third-order valence-electron chi connectivity index (χ3n) is 9.25. The van der Waals surface area contributed by atoms with Crippen LogP contribution in [0.2, 0.25) is 0 Å². The molecule has 0 aromatic carbocycles. The molecule has 0 spiro atoms. The van der Waals surface area contributed by atoms with Crippen LogP contribution in [0.25, 0.3) is 0 Å². The summed E-state index contributed by atoms with van der Waals surface area (Å²) in [7, 11) is 0. The van der Waals surface area contributed by atoms with E-state index >= 15 is 0 Å². The number of hydrogen-bond acceptors (Lipinski definition) is 12. The van der Waals surface area contributed by atoms with Crippen molar-refractivity contribution in [1.82, 2.24) is 26.2 Å². The van der Waals surface area contributed by atoms with Crippen LogP contribution in [0.4, 0.5) is 0 Å². The van der Waals surface area contributed by atoms with Crippen molar-refractivity contribution >= 4 is 35.6 Å². The Kier molecular flexibility index (Phi) is 42.2. The third kappa shape index (κ3) is 40.5. The second kappa shape index (κ2) is 42.8. The molecule has 0 aromatic heterocycles. The normalized spacial score (nSPS) is 13.0. The molecule has 0 aliphatic carbocycles. The number of nitrogens with zero attached hydrogens (tertiary/aromatic N) is 1. The predicted molar refractivity (Wildman–Crippen MR) is 224 cm³/mol. The van der Waals surface area contributed by atoms with Gasteiger partial charge in [0.15, 0.2) is 0 Å². The van der Waals surface area contributed by atoms with E-state index in [-0.39, 0.29) is 125 Å². The van der Waals surface area contributed by atoms with Crippen molar-refractivity contribution in [2.75, 3.05) is 98.7 Å². The molecule has 1 saturated heterocycles. The smallest absolute Gasteiger partial charge is 0.481 e. The Labute approximate surface area is 369 Å². The fourth-order valence-electron chi connectivity index (χ4n) is 5.99. The fourth-order valence-corrected chi connectivity index (χ4v) is 5.99. The SMILES string of the molecule is [CH2-]C(CCC(=O)NCCOCCOCC(=O)NCCOCCOCC(=O)NCCN1CCOC(=O)C1)NC(=O)CCCCCCCCCCCCCCCCC(=O)O.[CH3-].[Co+2]. The summed E-state index contributed by atoms with van der Waals surface area (Å²) in [5, 5.41) is 19.7. The third-order valence-corrected chi connectivity index (χ3v) is 9.25. The number of carbonyl (C=O) groups excluding carboxylic acids is 5. The molecule has 0 aromatic rings. The molecule has 0 saturated carbocycles. The maximum atomic E-state index is 12.2. The van der Waals surface area contributed by atoms with Gasteiger partial charge in [-0.1, -0.05) is 89.5 Å². The molecule has 1 fully saturated rings. The number of morpholine rings is 1. The Bertz CT molecular complexity index is 1120. The van der Waals surface area contributed by atoms with Gasteiger partial charge in [-0.05, 0) is 12.8 Å². The summed E-state index contributed by atoms with van der Waals surface area (Å²) in [6.45, 7) is 8.20. The molecule has 18 heteroatoms. The summed E-state index contributed by atoms with van der Waals surface area (Å²) in [6.07, 6.45) is 17.4. The number of ether oxygens (including phenoxy) is 5. The number of cyclic esters (lactones) is 1. The van der Waals surface area contributed by atoms with E-state index in [2.05, 4.69) is 28.2 Å². The Hall–Kier alpha value is -2.87. The predicted octanol–water partition coefficient (Wildman–Crippen LogP) is 3.13. The van der Waals surface area contributed by atoms with E-state index in [0.29, 0.717) is 58.8 Å². The summed E-state index contributed by atoms with van der Waals surface area (Å²) < 4.78 is 26.3. The second-order valence-electron chi connectivity index (χ2n) is 14.5. The van der Waals surface area contributed by atoms with Gasteiger partial charge in [-0.2, -0.15) is 0 Å². The van der Waals surface area contributed by atoms with Crippen molar-refractivity contribution in [3.8, 4) is 0 Å². The minimum absolute atomic E-state index is 0. The largest absolute Gasteiger partial charge is 2.00 e. The first-order chi connectivity index (χ1) is 28.2. The second-order valence-corrected chi connectivity index (χ2v) is 14.5. The van der Waals surface area contributed by atoms with E-state index in [1.165, 1.54) is 51.4 Å². The topological polar surface area (TPSA) is 220 Å². The zero-order valence-corrected chi connectivity index (χ0v) is 37.4. The van der Waals surface area contributed by atoms with Crippen molar-refractivity contribution < 1.29 is 74.3 Å². The van der Waals surface area contributed by atoms with Gasteiger partial charge in [0.2, 0.25) is 23.6 Å². The Morgan fingerprint density at radius 1 is 0.617 bits per heavy atom. The summed E-state index contributed by atoms with van der Waals surface area (Å²) in [5.74, 6) is -1.66. The molecule has 351 valence electrons. The van der Waals surface area contributed by atoms with Crippen LogP contribution >= 0.6 is 0 Å². The molecule has 1 rings (SSSR count). The van der Waals surface area contributed by atoms with E-state index in [9.17, 15) is 28.8 Å². The number of nitrogens with one attached hydrogen (secondary N) is 4. The maximum Gasteiger partial charge on any atom is 2.00 e. The van der Waals surface area contributed by atoms with Gasteiger partial charge in [-0.25, -0.2) is 0 Å². The summed E-state index contributed by atoms with van der Waals surface area (Å²) >= 11 is 0. The zero-order valence-electron chi connectivity index (χ0n) is 36.3. The molecular weight excluding hydrogens is 825 g/mol. The van der Waals surface area contributed by atoms with Crippen LogP contribution in [-0.2, 0) is 69.2 Å². The number of esters is 1. The van der Waals surface area contributed by atoms with Crippen molar-refractivity contribution in [1.29, 1.82) is 0 Å². The summed E-state index contributed by atoms with van der Waals surface area (Å²) in [5.41, 5.74) is 0. The monoisotopic (exact) mass is 902 g/mol. The van der Waals surface area contributed by atoms with Crippen molar-refractivity contribution in [3.05, 3.63) is 14.4 Å². The first-order valence-corrected chi connectivity index (χ1v) is 21.5. The number of carboxylic acids is 1. The van der Waals surface area contributed by atoms with E-state index in [4.69, 9.17) is 28.8 Å². The molecule has 1 heterocycles. The van der Waals surface area contributed by atoms with Crippen LogP contribution in [0.5, 0.6) is 0 Å². The average molecular weight is 903 g/mol. The number of carbonyl (C=O) groups is 6. The Balaban J connectivity index is 0. The molecule has 1 unspecified atom stereocenters. The number of rotatable bonds is 40. The molecule has 4 amide bonds. The van der Waals surface area contributed by atoms with Crippen LogP contribution in [0.3, 0.4) is 0 Å². The van der Waals surface area contributed by atoms with Crippen LogP contribution in [0.1, 0.15) is 116 Å². The first kappa shape index (κ1) is 59.2. The molecule has 17 nitrogen and oxygen atoms in total. The molecule has 0 bridgehead atoms. The first-order valence-electron chi connectivity index (χ1n) is 21.5. The van der Waals surface area contributed by atoms with E-state index in [1.54, 1.807) is 0 Å².